The van der Waals surface area contributed by atoms with E-state index in [1.165, 1.54) is 12.1 Å². The first-order valence-electron chi connectivity index (χ1n) is 2.54. The van der Waals surface area contributed by atoms with Crippen molar-refractivity contribution in [1.82, 2.24) is 0 Å². The van der Waals surface area contributed by atoms with Crippen molar-refractivity contribution in [2.75, 3.05) is 0 Å². The van der Waals surface area contributed by atoms with E-state index in [2.05, 4.69) is 6.92 Å². The summed E-state index contributed by atoms with van der Waals surface area (Å²) in [5.74, 6) is 0.0786. The summed E-state index contributed by atoms with van der Waals surface area (Å²) in [5, 5.41) is 17.6. The Hall–Kier alpha value is -0.206. The van der Waals surface area contributed by atoms with Crippen molar-refractivity contribution in [2.24, 2.45) is 0 Å². The van der Waals surface area contributed by atoms with Gasteiger partial charge >= 0.3 is 0 Å². The second-order valence-electron chi connectivity index (χ2n) is 1.81. The molecule has 0 spiro atoms. The molecule has 0 amide bonds. The Morgan fingerprint density at radius 2 is 1.80 bits per heavy atom. The minimum Gasteiger partial charge on any atom is -0.565 e. The van der Waals surface area contributed by atoms with E-state index in [1.807, 2.05) is 0 Å². The second kappa shape index (κ2) is 3.84. The fraction of sp³-hybridized carbons (Fsp3) is 0. The zero-order valence-electron chi connectivity index (χ0n) is 5.41. The Labute approximate surface area is 84.8 Å². The van der Waals surface area contributed by atoms with Crippen molar-refractivity contribution in [3.8, 4) is 11.5 Å². The largest absolute Gasteiger partial charge is 0.565 e. The van der Waals surface area contributed by atoms with Crippen LogP contribution in [0.4, 0.5) is 0 Å². The number of rotatable bonds is 0. The molecule has 0 aliphatic heterocycles. The van der Waals surface area contributed by atoms with Crippen molar-refractivity contribution in [2.45, 2.75) is 0 Å². The molecule has 1 rings (SSSR count). The Balaban J connectivity index is 0.000000810. The van der Waals surface area contributed by atoms with Crippen LogP contribution in [0.3, 0.4) is 0 Å². The number of aromatic hydroxyl groups is 2. The first kappa shape index (κ1) is 9.79. The molecule has 2 N–H and O–H groups in total. The minimum absolute atomic E-state index is 0. The van der Waals surface area contributed by atoms with Crippen molar-refractivity contribution < 1.29 is 42.9 Å². The van der Waals surface area contributed by atoms with Gasteiger partial charge in [0.25, 0.3) is 0 Å². The average molecular weight is 212 g/mol. The van der Waals surface area contributed by atoms with Crippen molar-refractivity contribution in [3.05, 3.63) is 30.7 Å². The molecule has 1 radical (unpaired) electrons. The summed E-state index contributed by atoms with van der Waals surface area (Å²) in [4.78, 5) is 0. The normalized spacial score (nSPS) is 8.40. The van der Waals surface area contributed by atoms with Gasteiger partial charge in [-0.15, -0.1) is 0 Å². The number of hydrogen-bond donors (Lipinski definition) is 2. The molecule has 0 aliphatic rings. The van der Waals surface area contributed by atoms with E-state index in [9.17, 15) is 0 Å². The Morgan fingerprint density at radius 1 is 1.20 bits per heavy atom. The van der Waals surface area contributed by atoms with Crippen LogP contribution < -0.4 is 0 Å². The van der Waals surface area contributed by atoms with Crippen molar-refractivity contribution in [3.63, 3.8) is 0 Å². The van der Waals surface area contributed by atoms with E-state index < -0.39 is 0 Å². The summed E-state index contributed by atoms with van der Waals surface area (Å²) in [6.07, 6.45) is 0. The molecular weight excluding hydrogens is 205 g/mol. The van der Waals surface area contributed by atoms with Crippen LogP contribution >= 0.6 is 0 Å². The van der Waals surface area contributed by atoms with Crippen LogP contribution in [0.1, 0.15) is 5.56 Å². The smallest absolute Gasteiger partial charge is 0.0945 e. The molecule has 0 saturated carbocycles. The van der Waals surface area contributed by atoms with E-state index in [0.717, 1.165) is 0 Å². The summed E-state index contributed by atoms with van der Waals surface area (Å²) in [6, 6.07) is 4.27. The minimum atomic E-state index is 0. The second-order valence-corrected chi connectivity index (χ2v) is 1.81. The van der Waals surface area contributed by atoms with Crippen LogP contribution in [0, 0.1) is 6.92 Å². The summed E-state index contributed by atoms with van der Waals surface area (Å²) < 4.78 is 0. The van der Waals surface area contributed by atoms with Gasteiger partial charge in [-0.1, -0.05) is 6.07 Å². The molecule has 0 fully saturated rings. The van der Waals surface area contributed by atoms with Gasteiger partial charge in [-0.3, -0.25) is 0 Å². The standard InChI is InChI=1S/C7H7O2.Y/c1-5-2-3-6(8)4-7(5)9;/h2-4,8-9H,1H2;/q-1;. The molecule has 2 nitrogen and oxygen atoms in total. The zero-order chi connectivity index (χ0) is 6.85. The molecule has 0 unspecified atom stereocenters. The Kier molecular flexibility index (Phi) is 3.76. The predicted molar refractivity (Wildman–Crippen MR) is 34.2 cm³/mol. The summed E-state index contributed by atoms with van der Waals surface area (Å²) in [5.41, 5.74) is 0.521. The van der Waals surface area contributed by atoms with E-state index in [-0.39, 0.29) is 44.2 Å². The molecule has 10 heavy (non-hydrogen) atoms. The third-order valence-electron chi connectivity index (χ3n) is 1.07. The maximum Gasteiger partial charge on any atom is 0.0945 e. The third kappa shape index (κ3) is 2.20. The van der Waals surface area contributed by atoms with Crippen LogP contribution in [0.5, 0.6) is 11.5 Å². The van der Waals surface area contributed by atoms with E-state index in [1.54, 1.807) is 6.07 Å². The van der Waals surface area contributed by atoms with Gasteiger partial charge in [-0.2, -0.15) is 18.6 Å². The Morgan fingerprint density at radius 3 is 2.20 bits per heavy atom. The summed E-state index contributed by atoms with van der Waals surface area (Å²) in [7, 11) is 0. The number of hydrogen-bond acceptors (Lipinski definition) is 2. The van der Waals surface area contributed by atoms with Crippen LogP contribution in [-0.4, -0.2) is 10.2 Å². The fourth-order valence-electron chi connectivity index (χ4n) is 0.552. The van der Waals surface area contributed by atoms with Gasteiger partial charge in [0.1, 0.15) is 0 Å². The summed E-state index contributed by atoms with van der Waals surface area (Å²) in [6.45, 7) is 3.50. The van der Waals surface area contributed by atoms with Crippen LogP contribution in [0.2, 0.25) is 0 Å². The maximum absolute atomic E-state index is 8.88. The molecule has 1 aromatic carbocycles. The molecule has 0 saturated heterocycles. The van der Waals surface area contributed by atoms with E-state index >= 15 is 0 Å². The molecule has 0 atom stereocenters. The van der Waals surface area contributed by atoms with Crippen LogP contribution in [0.15, 0.2) is 18.2 Å². The number of benzene rings is 1. The first-order chi connectivity index (χ1) is 4.20. The SMILES string of the molecule is [CH2-]c1ccc(O)cc1O.[Y]. The van der Waals surface area contributed by atoms with Gasteiger partial charge < -0.3 is 10.2 Å². The number of phenolic OH excluding ortho intramolecular Hbond substituents is 2. The maximum atomic E-state index is 8.88. The van der Waals surface area contributed by atoms with E-state index in [0.29, 0.717) is 5.56 Å². The zero-order valence-corrected chi connectivity index (χ0v) is 8.25. The molecule has 0 aliphatic carbocycles. The van der Waals surface area contributed by atoms with Gasteiger partial charge in [0, 0.05) is 38.5 Å². The van der Waals surface area contributed by atoms with E-state index in [4.69, 9.17) is 10.2 Å². The third-order valence-corrected chi connectivity index (χ3v) is 1.07. The predicted octanol–water partition coefficient (Wildman–Crippen LogP) is 1.28. The fourth-order valence-corrected chi connectivity index (χ4v) is 0.552. The molecule has 0 aromatic heterocycles. The number of phenols is 2. The molecule has 0 bridgehead atoms. The van der Waals surface area contributed by atoms with Crippen LogP contribution in [0.25, 0.3) is 0 Å². The monoisotopic (exact) mass is 212 g/mol. The topological polar surface area (TPSA) is 40.5 Å². The van der Waals surface area contributed by atoms with Crippen molar-refractivity contribution in [1.29, 1.82) is 0 Å². The van der Waals surface area contributed by atoms with Gasteiger partial charge in [0.05, 0.1) is 5.75 Å². The van der Waals surface area contributed by atoms with Gasteiger partial charge in [-0.05, 0) is 6.07 Å². The molecular formula is C7H7O2Y-. The van der Waals surface area contributed by atoms with Gasteiger partial charge in [0.15, 0.2) is 0 Å². The molecule has 0 heterocycles. The quantitative estimate of drug-likeness (QED) is 0.636. The van der Waals surface area contributed by atoms with Gasteiger partial charge in [0.2, 0.25) is 0 Å². The van der Waals surface area contributed by atoms with Crippen LogP contribution in [-0.2, 0) is 32.7 Å². The molecule has 51 valence electrons. The molecule has 3 heteroatoms. The summed E-state index contributed by atoms with van der Waals surface area (Å²) >= 11 is 0. The van der Waals surface area contributed by atoms with Gasteiger partial charge in [-0.25, -0.2) is 0 Å². The van der Waals surface area contributed by atoms with Crippen molar-refractivity contribution >= 4 is 0 Å². The average Bonchev–Trinajstić information content (AvgIpc) is 1.80. The Bertz CT molecular complexity index is 223. The molecule has 1 aromatic rings. The first-order valence-corrected chi connectivity index (χ1v) is 2.54.